The van der Waals surface area contributed by atoms with Crippen molar-refractivity contribution in [1.29, 1.82) is 5.26 Å². The molecule has 0 spiro atoms. The van der Waals surface area contributed by atoms with Crippen LogP contribution in [0.15, 0.2) is 56.2 Å². The van der Waals surface area contributed by atoms with Crippen LogP contribution in [0.2, 0.25) is 0 Å². The number of nitriles is 1. The Labute approximate surface area is 152 Å². The van der Waals surface area contributed by atoms with Gasteiger partial charge >= 0.3 is 0 Å². The van der Waals surface area contributed by atoms with Crippen molar-refractivity contribution >= 4 is 40.2 Å². The summed E-state index contributed by atoms with van der Waals surface area (Å²) in [5, 5.41) is 13.0. The maximum Gasteiger partial charge on any atom is 0.268 e. The number of carbonyl (C=O) groups is 1. The summed E-state index contributed by atoms with van der Waals surface area (Å²) in [6, 6.07) is 9.10. The van der Waals surface area contributed by atoms with Gasteiger partial charge in [-0.05, 0) is 31.2 Å². The van der Waals surface area contributed by atoms with Gasteiger partial charge in [0.25, 0.3) is 5.91 Å². The van der Waals surface area contributed by atoms with Crippen molar-refractivity contribution in [2.75, 3.05) is 5.32 Å². The van der Waals surface area contributed by atoms with Crippen molar-refractivity contribution < 1.29 is 13.6 Å². The van der Waals surface area contributed by atoms with E-state index in [4.69, 9.17) is 8.83 Å². The third-order valence-corrected chi connectivity index (χ3v) is 4.79. The molecule has 0 aromatic carbocycles. The van der Waals surface area contributed by atoms with Gasteiger partial charge in [0, 0.05) is 17.2 Å². The zero-order valence-electron chi connectivity index (χ0n) is 13.2. The lowest BCUT2D eigenvalue weighted by atomic mass is 10.2. The molecule has 8 heteroatoms. The first-order valence-corrected chi connectivity index (χ1v) is 9.05. The van der Waals surface area contributed by atoms with E-state index in [1.807, 2.05) is 25.1 Å². The van der Waals surface area contributed by atoms with E-state index in [-0.39, 0.29) is 5.57 Å². The minimum Gasteiger partial charge on any atom is -0.468 e. The molecular weight excluding hydrogens is 358 g/mol. The predicted octanol–water partition coefficient (Wildman–Crippen LogP) is 4.48. The van der Waals surface area contributed by atoms with Gasteiger partial charge in [0.15, 0.2) is 10.2 Å². The lowest BCUT2D eigenvalue weighted by molar-refractivity contribution is -0.112. The number of hydrogen-bond donors (Lipinski definition) is 1. The number of amides is 1. The Morgan fingerprint density at radius 1 is 1.48 bits per heavy atom. The Kier molecular flexibility index (Phi) is 5.38. The highest BCUT2D eigenvalue weighted by molar-refractivity contribution is 7.98. The average Bonchev–Trinajstić information content (AvgIpc) is 3.33. The number of carbonyl (C=O) groups excluding carboxylic acids is 1. The third kappa shape index (κ3) is 4.62. The number of anilines is 1. The molecule has 6 nitrogen and oxygen atoms in total. The van der Waals surface area contributed by atoms with Gasteiger partial charge in [-0.2, -0.15) is 5.26 Å². The van der Waals surface area contributed by atoms with Gasteiger partial charge in [0.2, 0.25) is 0 Å². The van der Waals surface area contributed by atoms with Gasteiger partial charge < -0.3 is 8.83 Å². The van der Waals surface area contributed by atoms with Gasteiger partial charge in [0.05, 0.1) is 12.0 Å². The van der Waals surface area contributed by atoms with Crippen molar-refractivity contribution in [2.24, 2.45) is 0 Å². The largest absolute Gasteiger partial charge is 0.468 e. The standard InChI is InChI=1S/C17H13N3O3S2/c1-11-9-19-17(25-11)20-16(21)12(8-18)7-13-4-5-15(23-13)24-10-14-3-2-6-22-14/h2-7,9H,10H2,1H3,(H,19,20,21)/b12-7-. The summed E-state index contributed by atoms with van der Waals surface area (Å²) in [5.41, 5.74) is -0.0511. The predicted molar refractivity (Wildman–Crippen MR) is 96.0 cm³/mol. The van der Waals surface area contributed by atoms with E-state index < -0.39 is 5.91 Å². The van der Waals surface area contributed by atoms with Gasteiger partial charge in [-0.15, -0.1) is 11.3 Å². The second-order valence-corrected chi connectivity index (χ2v) is 7.14. The molecule has 25 heavy (non-hydrogen) atoms. The Bertz CT molecular complexity index is 933. The van der Waals surface area contributed by atoms with E-state index in [0.717, 1.165) is 10.6 Å². The van der Waals surface area contributed by atoms with E-state index in [1.54, 1.807) is 24.6 Å². The molecule has 0 unspecified atom stereocenters. The van der Waals surface area contributed by atoms with Gasteiger partial charge in [-0.3, -0.25) is 10.1 Å². The van der Waals surface area contributed by atoms with Crippen LogP contribution in [0.4, 0.5) is 5.13 Å². The van der Waals surface area contributed by atoms with Crippen LogP contribution in [0, 0.1) is 18.3 Å². The molecule has 0 saturated heterocycles. The summed E-state index contributed by atoms with van der Waals surface area (Å²) in [5.74, 6) is 1.40. The number of aromatic nitrogens is 1. The summed E-state index contributed by atoms with van der Waals surface area (Å²) in [6.07, 6.45) is 4.69. The minimum atomic E-state index is -0.516. The fourth-order valence-corrected chi connectivity index (χ4v) is 3.32. The molecule has 3 rings (SSSR count). The van der Waals surface area contributed by atoms with Crippen LogP contribution < -0.4 is 5.32 Å². The van der Waals surface area contributed by atoms with Crippen molar-refractivity contribution in [3.8, 4) is 6.07 Å². The summed E-state index contributed by atoms with van der Waals surface area (Å²) in [7, 11) is 0. The molecule has 0 radical (unpaired) electrons. The third-order valence-electron chi connectivity index (χ3n) is 3.03. The Morgan fingerprint density at radius 2 is 2.36 bits per heavy atom. The molecule has 3 aromatic rings. The monoisotopic (exact) mass is 371 g/mol. The summed E-state index contributed by atoms with van der Waals surface area (Å²) < 4.78 is 10.9. The molecule has 3 heterocycles. The van der Waals surface area contributed by atoms with Crippen molar-refractivity contribution in [3.05, 3.63) is 58.7 Å². The lowest BCUT2D eigenvalue weighted by Crippen LogP contribution is -2.13. The summed E-state index contributed by atoms with van der Waals surface area (Å²) in [6.45, 7) is 1.89. The topological polar surface area (TPSA) is 92.1 Å². The molecule has 0 saturated carbocycles. The number of nitrogens with one attached hydrogen (secondary N) is 1. The lowest BCUT2D eigenvalue weighted by Gasteiger charge is -1.99. The highest BCUT2D eigenvalue weighted by Gasteiger charge is 2.13. The number of furan rings is 2. The molecule has 126 valence electrons. The molecule has 0 fully saturated rings. The number of thiazole rings is 1. The number of thioether (sulfide) groups is 1. The Balaban J connectivity index is 1.65. The number of nitrogens with zero attached hydrogens (tertiary/aromatic N) is 2. The van der Waals surface area contributed by atoms with Crippen LogP contribution in [0.5, 0.6) is 0 Å². The van der Waals surface area contributed by atoms with Crippen molar-refractivity contribution in [3.63, 3.8) is 0 Å². The number of rotatable bonds is 6. The van der Waals surface area contributed by atoms with Crippen molar-refractivity contribution in [2.45, 2.75) is 17.8 Å². The Hall–Kier alpha value is -2.76. The first-order chi connectivity index (χ1) is 12.1. The smallest absolute Gasteiger partial charge is 0.268 e. The molecule has 0 aliphatic carbocycles. The SMILES string of the molecule is Cc1cnc(NC(=O)/C(C#N)=C\c2ccc(SCc3ccco3)o2)s1. The van der Waals surface area contributed by atoms with E-state index in [9.17, 15) is 10.1 Å². The molecule has 0 atom stereocenters. The highest BCUT2D eigenvalue weighted by Crippen LogP contribution is 2.26. The molecule has 0 aliphatic rings. The first-order valence-electron chi connectivity index (χ1n) is 7.24. The zero-order chi connectivity index (χ0) is 17.6. The van der Waals surface area contributed by atoms with E-state index in [0.29, 0.717) is 21.7 Å². The first kappa shape index (κ1) is 17.1. The normalized spacial score (nSPS) is 11.3. The van der Waals surface area contributed by atoms with Crippen LogP contribution >= 0.6 is 23.1 Å². The van der Waals surface area contributed by atoms with Crippen LogP contribution in [0.1, 0.15) is 16.4 Å². The molecule has 0 aliphatic heterocycles. The second kappa shape index (κ2) is 7.88. The quantitative estimate of drug-likeness (QED) is 0.390. The average molecular weight is 371 g/mol. The molecular formula is C17H13N3O3S2. The molecule has 1 N–H and O–H groups in total. The van der Waals surface area contributed by atoms with Crippen LogP contribution in [-0.2, 0) is 10.5 Å². The highest BCUT2D eigenvalue weighted by atomic mass is 32.2. The van der Waals surface area contributed by atoms with Gasteiger partial charge in [0.1, 0.15) is 23.2 Å². The van der Waals surface area contributed by atoms with Crippen LogP contribution in [0.25, 0.3) is 6.08 Å². The second-order valence-electron chi connectivity index (χ2n) is 4.92. The zero-order valence-corrected chi connectivity index (χ0v) is 14.8. The maximum absolute atomic E-state index is 12.2. The van der Waals surface area contributed by atoms with E-state index >= 15 is 0 Å². The van der Waals surface area contributed by atoms with Crippen LogP contribution in [-0.4, -0.2) is 10.9 Å². The van der Waals surface area contributed by atoms with Gasteiger partial charge in [-0.25, -0.2) is 4.98 Å². The molecule has 0 bridgehead atoms. The fourth-order valence-electron chi connectivity index (χ4n) is 1.89. The number of aryl methyl sites for hydroxylation is 1. The summed E-state index contributed by atoms with van der Waals surface area (Å²) in [4.78, 5) is 17.2. The molecule has 3 aromatic heterocycles. The van der Waals surface area contributed by atoms with Crippen LogP contribution in [0.3, 0.4) is 0 Å². The fraction of sp³-hybridized carbons (Fsp3) is 0.118. The maximum atomic E-state index is 12.2. The van der Waals surface area contributed by atoms with Crippen molar-refractivity contribution in [1.82, 2.24) is 4.98 Å². The molecule has 1 amide bonds. The Morgan fingerprint density at radius 3 is 3.04 bits per heavy atom. The minimum absolute atomic E-state index is 0.0511. The summed E-state index contributed by atoms with van der Waals surface area (Å²) >= 11 is 2.81. The van der Waals surface area contributed by atoms with E-state index in [1.165, 1.54) is 29.2 Å². The number of hydrogen-bond acceptors (Lipinski definition) is 7. The van der Waals surface area contributed by atoms with Gasteiger partial charge in [-0.1, -0.05) is 11.8 Å². The van der Waals surface area contributed by atoms with E-state index in [2.05, 4.69) is 10.3 Å².